The van der Waals surface area contributed by atoms with Gasteiger partial charge in [-0.25, -0.2) is 0 Å². The Morgan fingerprint density at radius 3 is 2.93 bits per heavy atom. The number of rotatable bonds is 4. The lowest BCUT2D eigenvalue weighted by Crippen LogP contribution is -2.30. The molecule has 1 heterocycles. The number of likely N-dealkylation sites (N-methyl/N-ethyl adjacent to an activating group) is 1. The van der Waals surface area contributed by atoms with Gasteiger partial charge in [-0.1, -0.05) is 0 Å². The topological polar surface area (TPSA) is 71.3 Å². The molecule has 0 unspecified atom stereocenters. The molecule has 0 aromatic carbocycles. The number of amides is 1. The van der Waals surface area contributed by atoms with Crippen LogP contribution in [-0.4, -0.2) is 43.1 Å². The van der Waals surface area contributed by atoms with Crippen LogP contribution in [-0.2, 0) is 4.74 Å². The molecule has 0 spiro atoms. The number of nitrogens with two attached hydrogens (primary N) is 1. The predicted octanol–water partition coefficient (Wildman–Crippen LogP) is 0.315. The number of methoxy groups -OCH3 is 1. The van der Waals surface area contributed by atoms with Gasteiger partial charge in [-0.2, -0.15) is 0 Å². The summed E-state index contributed by atoms with van der Waals surface area (Å²) in [5, 5.41) is 0. The number of nitrogens with zero attached hydrogens (tertiary/aromatic N) is 1. The summed E-state index contributed by atoms with van der Waals surface area (Å²) in [5.41, 5.74) is 6.55. The summed E-state index contributed by atoms with van der Waals surface area (Å²) in [6.45, 7) is 1.09. The molecule has 5 nitrogen and oxygen atoms in total. The van der Waals surface area contributed by atoms with E-state index >= 15 is 0 Å². The number of anilines is 1. The lowest BCUT2D eigenvalue weighted by atomic mass is 10.3. The molecule has 1 rings (SSSR count). The second-order valence-electron chi connectivity index (χ2n) is 3.07. The zero-order valence-corrected chi connectivity index (χ0v) is 8.41. The van der Waals surface area contributed by atoms with Gasteiger partial charge in [0.15, 0.2) is 0 Å². The van der Waals surface area contributed by atoms with Crippen molar-refractivity contribution in [2.75, 3.05) is 33.0 Å². The zero-order chi connectivity index (χ0) is 10.6. The Kier molecular flexibility index (Phi) is 3.53. The molecule has 1 aromatic rings. The number of aromatic amines is 1. The lowest BCUT2D eigenvalue weighted by Gasteiger charge is -2.15. The lowest BCUT2D eigenvalue weighted by molar-refractivity contribution is 0.0739. The second kappa shape index (κ2) is 4.66. The molecule has 0 saturated carbocycles. The van der Waals surface area contributed by atoms with Crippen molar-refractivity contribution in [2.24, 2.45) is 0 Å². The van der Waals surface area contributed by atoms with Crippen LogP contribution in [0.2, 0.25) is 0 Å². The Morgan fingerprint density at radius 1 is 1.71 bits per heavy atom. The number of aromatic nitrogens is 1. The van der Waals surface area contributed by atoms with E-state index in [0.717, 1.165) is 0 Å². The van der Waals surface area contributed by atoms with Crippen LogP contribution >= 0.6 is 0 Å². The summed E-state index contributed by atoms with van der Waals surface area (Å²) in [7, 11) is 3.32. The first-order chi connectivity index (χ1) is 6.65. The van der Waals surface area contributed by atoms with E-state index in [4.69, 9.17) is 10.5 Å². The van der Waals surface area contributed by atoms with E-state index in [1.54, 1.807) is 31.3 Å². The van der Waals surface area contributed by atoms with Crippen LogP contribution in [0.5, 0.6) is 0 Å². The van der Waals surface area contributed by atoms with Crippen molar-refractivity contribution in [2.45, 2.75) is 0 Å². The number of carbonyl (C=O) groups is 1. The van der Waals surface area contributed by atoms with Crippen molar-refractivity contribution in [3.63, 3.8) is 0 Å². The molecule has 0 fully saturated rings. The van der Waals surface area contributed by atoms with Crippen molar-refractivity contribution >= 4 is 11.6 Å². The van der Waals surface area contributed by atoms with E-state index in [9.17, 15) is 4.79 Å². The van der Waals surface area contributed by atoms with E-state index in [2.05, 4.69) is 4.98 Å². The van der Waals surface area contributed by atoms with Crippen LogP contribution in [0, 0.1) is 0 Å². The van der Waals surface area contributed by atoms with Crippen LogP contribution in [0.1, 0.15) is 10.5 Å². The van der Waals surface area contributed by atoms with Crippen LogP contribution in [0.3, 0.4) is 0 Å². The number of ether oxygens (including phenoxy) is 1. The Bertz CT molecular complexity index is 309. The van der Waals surface area contributed by atoms with Gasteiger partial charge in [0.05, 0.1) is 6.61 Å². The van der Waals surface area contributed by atoms with Gasteiger partial charge in [-0.15, -0.1) is 0 Å². The van der Waals surface area contributed by atoms with E-state index in [-0.39, 0.29) is 5.91 Å². The van der Waals surface area contributed by atoms with Gasteiger partial charge >= 0.3 is 0 Å². The molecule has 0 saturated heterocycles. The first-order valence-corrected chi connectivity index (χ1v) is 4.33. The van der Waals surface area contributed by atoms with Crippen molar-refractivity contribution in [3.05, 3.63) is 18.0 Å². The molecule has 1 amide bonds. The van der Waals surface area contributed by atoms with Crippen molar-refractivity contribution in [1.29, 1.82) is 0 Å². The van der Waals surface area contributed by atoms with Gasteiger partial charge < -0.3 is 20.4 Å². The molecule has 3 N–H and O–H groups in total. The summed E-state index contributed by atoms with van der Waals surface area (Å²) in [4.78, 5) is 16.0. The van der Waals surface area contributed by atoms with Crippen molar-refractivity contribution in [1.82, 2.24) is 9.88 Å². The van der Waals surface area contributed by atoms with Gasteiger partial charge in [0.25, 0.3) is 5.91 Å². The van der Waals surface area contributed by atoms with E-state index < -0.39 is 0 Å². The summed E-state index contributed by atoms with van der Waals surface area (Å²) in [6, 6.07) is 1.62. The van der Waals surface area contributed by atoms with Crippen LogP contribution in [0.25, 0.3) is 0 Å². The summed E-state index contributed by atoms with van der Waals surface area (Å²) in [5.74, 6) is -0.0845. The fourth-order valence-electron chi connectivity index (χ4n) is 1.07. The quantitative estimate of drug-likeness (QED) is 0.730. The third kappa shape index (κ3) is 2.50. The van der Waals surface area contributed by atoms with Gasteiger partial charge in [0, 0.05) is 32.6 Å². The maximum atomic E-state index is 11.6. The van der Waals surface area contributed by atoms with Gasteiger partial charge in [-0.05, 0) is 6.07 Å². The van der Waals surface area contributed by atoms with Gasteiger partial charge in [0.2, 0.25) is 0 Å². The zero-order valence-electron chi connectivity index (χ0n) is 8.41. The van der Waals surface area contributed by atoms with Crippen molar-refractivity contribution < 1.29 is 9.53 Å². The predicted molar refractivity (Wildman–Crippen MR) is 54.0 cm³/mol. The number of H-pyrrole nitrogens is 1. The van der Waals surface area contributed by atoms with Gasteiger partial charge in [0.1, 0.15) is 5.69 Å². The molecule has 0 aliphatic rings. The third-order valence-corrected chi connectivity index (χ3v) is 1.91. The number of hydrogen-bond donors (Lipinski definition) is 2. The molecular weight excluding hydrogens is 182 g/mol. The molecule has 0 radical (unpaired) electrons. The summed E-state index contributed by atoms with van der Waals surface area (Å²) < 4.78 is 4.87. The van der Waals surface area contributed by atoms with Crippen LogP contribution in [0.4, 0.5) is 5.69 Å². The molecule has 0 aliphatic carbocycles. The highest BCUT2D eigenvalue weighted by Crippen LogP contribution is 2.06. The molecule has 5 heteroatoms. The number of hydrogen-bond acceptors (Lipinski definition) is 3. The highest BCUT2D eigenvalue weighted by atomic mass is 16.5. The molecule has 0 bridgehead atoms. The minimum atomic E-state index is -0.0845. The summed E-state index contributed by atoms with van der Waals surface area (Å²) in [6.07, 6.45) is 1.59. The van der Waals surface area contributed by atoms with Gasteiger partial charge in [-0.3, -0.25) is 4.79 Å². The Morgan fingerprint density at radius 2 is 2.43 bits per heavy atom. The fraction of sp³-hybridized carbons (Fsp3) is 0.444. The first-order valence-electron chi connectivity index (χ1n) is 4.33. The Hall–Kier alpha value is -1.49. The van der Waals surface area contributed by atoms with E-state index in [1.165, 1.54) is 0 Å². The minimum absolute atomic E-state index is 0.0845. The summed E-state index contributed by atoms with van der Waals surface area (Å²) >= 11 is 0. The molecule has 1 aromatic heterocycles. The standard InChI is InChI=1S/C9H15N3O2/c1-12(3-4-14-2)9(13)8-5-7(10)6-11-8/h5-6,11H,3-4,10H2,1-2H3. The monoisotopic (exact) mass is 197 g/mol. The first kappa shape index (κ1) is 10.6. The van der Waals surface area contributed by atoms with Crippen molar-refractivity contribution in [3.8, 4) is 0 Å². The smallest absolute Gasteiger partial charge is 0.270 e. The average molecular weight is 197 g/mol. The van der Waals surface area contributed by atoms with Crippen LogP contribution < -0.4 is 5.73 Å². The molecule has 0 aliphatic heterocycles. The van der Waals surface area contributed by atoms with E-state index in [1.807, 2.05) is 0 Å². The highest BCUT2D eigenvalue weighted by molar-refractivity contribution is 5.93. The molecule has 14 heavy (non-hydrogen) atoms. The third-order valence-electron chi connectivity index (χ3n) is 1.91. The maximum Gasteiger partial charge on any atom is 0.270 e. The van der Waals surface area contributed by atoms with Crippen LogP contribution in [0.15, 0.2) is 12.3 Å². The second-order valence-corrected chi connectivity index (χ2v) is 3.07. The minimum Gasteiger partial charge on any atom is -0.397 e. The fourth-order valence-corrected chi connectivity index (χ4v) is 1.07. The largest absolute Gasteiger partial charge is 0.397 e. The average Bonchev–Trinajstić information content (AvgIpc) is 2.60. The SMILES string of the molecule is COCCN(C)C(=O)c1cc(N)c[nH]1. The molecular formula is C9H15N3O2. The van der Waals surface area contributed by atoms with E-state index in [0.29, 0.717) is 24.5 Å². The Labute approximate surface area is 82.8 Å². The molecule has 0 atom stereocenters. The Balaban J connectivity index is 2.56. The number of nitrogens with one attached hydrogen (secondary N) is 1. The maximum absolute atomic E-state index is 11.6. The highest BCUT2D eigenvalue weighted by Gasteiger charge is 2.12. The number of carbonyl (C=O) groups excluding carboxylic acids is 1. The number of nitrogen functional groups attached to an aromatic ring is 1. The normalized spacial score (nSPS) is 10.1. The molecule has 78 valence electrons.